The fourth-order valence-corrected chi connectivity index (χ4v) is 2.77. The lowest BCUT2D eigenvalue weighted by Gasteiger charge is -2.33. The van der Waals surface area contributed by atoms with Gasteiger partial charge in [0.15, 0.2) is 5.82 Å². The van der Waals surface area contributed by atoms with Gasteiger partial charge in [0.25, 0.3) is 0 Å². The van der Waals surface area contributed by atoms with Crippen molar-refractivity contribution in [1.82, 2.24) is 15.0 Å². The summed E-state index contributed by atoms with van der Waals surface area (Å²) < 4.78 is 10.8. The zero-order chi connectivity index (χ0) is 16.9. The van der Waals surface area contributed by atoms with Gasteiger partial charge in [0.2, 0.25) is 11.8 Å². The smallest absolute Gasteiger partial charge is 0.229 e. The molecule has 1 atom stereocenters. The van der Waals surface area contributed by atoms with Gasteiger partial charge in [-0.25, -0.2) is 0 Å². The lowest BCUT2D eigenvalue weighted by atomic mass is 10.1. The van der Waals surface area contributed by atoms with E-state index in [1.807, 2.05) is 49.1 Å². The van der Waals surface area contributed by atoms with Crippen molar-refractivity contribution in [3.63, 3.8) is 0 Å². The van der Waals surface area contributed by atoms with Gasteiger partial charge in [-0.1, -0.05) is 49.3 Å². The number of carbonyl (C=O) groups is 1. The van der Waals surface area contributed by atoms with E-state index in [1.54, 1.807) is 0 Å². The Morgan fingerprint density at radius 1 is 1.33 bits per heavy atom. The molecule has 1 aliphatic heterocycles. The van der Waals surface area contributed by atoms with Gasteiger partial charge in [-0.2, -0.15) is 4.98 Å². The van der Waals surface area contributed by atoms with Crippen molar-refractivity contribution in [2.45, 2.75) is 38.6 Å². The predicted octanol–water partition coefficient (Wildman–Crippen LogP) is 2.73. The van der Waals surface area contributed by atoms with Gasteiger partial charge < -0.3 is 14.2 Å². The number of aryl methyl sites for hydroxylation is 1. The minimum absolute atomic E-state index is 0.100. The molecule has 6 heteroatoms. The first-order chi connectivity index (χ1) is 11.6. The lowest BCUT2D eigenvalue weighted by molar-refractivity contribution is -0.140. The summed E-state index contributed by atoms with van der Waals surface area (Å²) in [5.41, 5.74) is 1.16. The SMILES string of the molecule is CC(C)c1nc([C@@H]2COCCN2C(=O)CCc2ccccc2)no1. The zero-order valence-electron chi connectivity index (χ0n) is 14.1. The highest BCUT2D eigenvalue weighted by atomic mass is 16.5. The van der Waals surface area contributed by atoms with Gasteiger partial charge in [-0.05, 0) is 12.0 Å². The molecule has 0 saturated carbocycles. The third-order valence-corrected chi connectivity index (χ3v) is 4.17. The van der Waals surface area contributed by atoms with Gasteiger partial charge in [-0.15, -0.1) is 0 Å². The van der Waals surface area contributed by atoms with Crippen LogP contribution < -0.4 is 0 Å². The van der Waals surface area contributed by atoms with Crippen LogP contribution in [0.15, 0.2) is 34.9 Å². The summed E-state index contributed by atoms with van der Waals surface area (Å²) in [7, 11) is 0. The Bertz CT molecular complexity index is 669. The van der Waals surface area contributed by atoms with Gasteiger partial charge in [-0.3, -0.25) is 4.79 Å². The molecule has 0 N–H and O–H groups in total. The number of morpholine rings is 1. The van der Waals surface area contributed by atoms with E-state index in [1.165, 1.54) is 0 Å². The van der Waals surface area contributed by atoms with Crippen LogP contribution in [0.25, 0.3) is 0 Å². The summed E-state index contributed by atoms with van der Waals surface area (Å²) in [6.45, 7) is 5.51. The summed E-state index contributed by atoms with van der Waals surface area (Å²) in [4.78, 5) is 18.9. The highest BCUT2D eigenvalue weighted by molar-refractivity contribution is 5.77. The minimum atomic E-state index is -0.265. The maximum atomic E-state index is 12.7. The number of amides is 1. The van der Waals surface area contributed by atoms with Crippen LogP contribution in [0.1, 0.15) is 49.5 Å². The molecule has 1 amide bonds. The lowest BCUT2D eigenvalue weighted by Crippen LogP contribution is -2.44. The number of aromatic nitrogens is 2. The van der Waals surface area contributed by atoms with Gasteiger partial charge in [0.05, 0.1) is 13.2 Å². The molecular formula is C18H23N3O3. The Hall–Kier alpha value is -2.21. The molecule has 2 aromatic rings. The number of hydrogen-bond donors (Lipinski definition) is 0. The Morgan fingerprint density at radius 3 is 2.83 bits per heavy atom. The van der Waals surface area contributed by atoms with Crippen LogP contribution in [0.4, 0.5) is 0 Å². The van der Waals surface area contributed by atoms with Crippen molar-refractivity contribution in [2.75, 3.05) is 19.8 Å². The molecule has 0 radical (unpaired) electrons. The molecule has 0 unspecified atom stereocenters. The second-order valence-electron chi connectivity index (χ2n) is 6.31. The number of rotatable bonds is 5. The Morgan fingerprint density at radius 2 is 2.12 bits per heavy atom. The largest absolute Gasteiger partial charge is 0.377 e. The molecule has 24 heavy (non-hydrogen) atoms. The summed E-state index contributed by atoms with van der Waals surface area (Å²) in [5, 5.41) is 4.05. The molecule has 2 heterocycles. The first-order valence-corrected chi connectivity index (χ1v) is 8.40. The third-order valence-electron chi connectivity index (χ3n) is 4.17. The topological polar surface area (TPSA) is 68.5 Å². The number of carbonyl (C=O) groups excluding carboxylic acids is 1. The van der Waals surface area contributed by atoms with Gasteiger partial charge >= 0.3 is 0 Å². The molecule has 1 aliphatic rings. The van der Waals surface area contributed by atoms with Crippen LogP contribution in [0.5, 0.6) is 0 Å². The molecule has 1 fully saturated rings. The summed E-state index contributed by atoms with van der Waals surface area (Å²) >= 11 is 0. The molecule has 3 rings (SSSR count). The summed E-state index contributed by atoms with van der Waals surface area (Å²) in [6.07, 6.45) is 1.20. The highest BCUT2D eigenvalue weighted by Crippen LogP contribution is 2.24. The fraction of sp³-hybridized carbons (Fsp3) is 0.500. The van der Waals surface area contributed by atoms with Crippen molar-refractivity contribution in [3.8, 4) is 0 Å². The molecule has 0 bridgehead atoms. The van der Waals surface area contributed by atoms with Gasteiger partial charge in [0.1, 0.15) is 6.04 Å². The number of ether oxygens (including phenoxy) is 1. The molecule has 0 aliphatic carbocycles. The van der Waals surface area contributed by atoms with Gasteiger partial charge in [0, 0.05) is 18.9 Å². The average Bonchev–Trinajstić information content (AvgIpc) is 3.11. The normalized spacial score (nSPS) is 18.1. The standard InChI is InChI=1S/C18H23N3O3/c1-13(2)18-19-17(20-24-18)15-12-23-11-10-21(15)16(22)9-8-14-6-4-3-5-7-14/h3-7,13,15H,8-12H2,1-2H3/t15-/m0/s1. The van der Waals surface area contributed by atoms with Crippen LogP contribution >= 0.6 is 0 Å². The van der Waals surface area contributed by atoms with Crippen molar-refractivity contribution in [2.24, 2.45) is 0 Å². The molecule has 0 spiro atoms. The number of nitrogens with zero attached hydrogens (tertiary/aromatic N) is 3. The number of hydrogen-bond acceptors (Lipinski definition) is 5. The maximum absolute atomic E-state index is 12.7. The zero-order valence-corrected chi connectivity index (χ0v) is 14.1. The van der Waals surface area contributed by atoms with E-state index in [2.05, 4.69) is 10.1 Å². The quantitative estimate of drug-likeness (QED) is 0.843. The van der Waals surface area contributed by atoms with Crippen molar-refractivity contribution in [3.05, 3.63) is 47.6 Å². The van der Waals surface area contributed by atoms with Crippen molar-refractivity contribution < 1.29 is 14.1 Å². The average molecular weight is 329 g/mol. The second kappa shape index (κ2) is 7.57. The molecule has 6 nitrogen and oxygen atoms in total. The van der Waals surface area contributed by atoms with Crippen LogP contribution in [0, 0.1) is 0 Å². The summed E-state index contributed by atoms with van der Waals surface area (Å²) in [6, 6.07) is 9.77. The van der Waals surface area contributed by atoms with E-state index >= 15 is 0 Å². The van der Waals surface area contributed by atoms with E-state index in [4.69, 9.17) is 9.26 Å². The van der Waals surface area contributed by atoms with E-state index < -0.39 is 0 Å². The number of benzene rings is 1. The highest BCUT2D eigenvalue weighted by Gasteiger charge is 2.32. The van der Waals surface area contributed by atoms with Crippen LogP contribution in [-0.4, -0.2) is 40.7 Å². The monoisotopic (exact) mass is 329 g/mol. The Kier molecular flexibility index (Phi) is 5.25. The third kappa shape index (κ3) is 3.82. The van der Waals surface area contributed by atoms with E-state index in [0.29, 0.717) is 37.9 Å². The van der Waals surface area contributed by atoms with Crippen molar-refractivity contribution in [1.29, 1.82) is 0 Å². The summed E-state index contributed by atoms with van der Waals surface area (Å²) in [5.74, 6) is 1.39. The van der Waals surface area contributed by atoms with Crippen molar-refractivity contribution >= 4 is 5.91 Å². The van der Waals surface area contributed by atoms with E-state index in [-0.39, 0.29) is 17.9 Å². The molecule has 128 valence electrons. The second-order valence-corrected chi connectivity index (χ2v) is 6.31. The minimum Gasteiger partial charge on any atom is -0.377 e. The fourth-order valence-electron chi connectivity index (χ4n) is 2.77. The van der Waals surface area contributed by atoms with E-state index in [9.17, 15) is 4.79 Å². The molecule has 1 aromatic heterocycles. The first-order valence-electron chi connectivity index (χ1n) is 8.40. The first kappa shape index (κ1) is 16.6. The molecule has 1 saturated heterocycles. The Labute approximate surface area is 141 Å². The van der Waals surface area contributed by atoms with Crippen LogP contribution in [0.3, 0.4) is 0 Å². The molecule has 1 aromatic carbocycles. The van der Waals surface area contributed by atoms with Crippen LogP contribution in [0.2, 0.25) is 0 Å². The maximum Gasteiger partial charge on any atom is 0.229 e. The predicted molar refractivity (Wildman–Crippen MR) is 88.4 cm³/mol. The molecular weight excluding hydrogens is 306 g/mol. The Balaban J connectivity index is 1.68. The van der Waals surface area contributed by atoms with E-state index in [0.717, 1.165) is 12.0 Å². The van der Waals surface area contributed by atoms with Crippen LogP contribution in [-0.2, 0) is 16.0 Å².